The van der Waals surface area contributed by atoms with Gasteiger partial charge >= 0.3 is 0 Å². The van der Waals surface area contributed by atoms with Crippen LogP contribution in [0.5, 0.6) is 11.5 Å². The van der Waals surface area contributed by atoms with Crippen LogP contribution in [0.25, 0.3) is 11.5 Å². The van der Waals surface area contributed by atoms with Gasteiger partial charge < -0.3 is 18.9 Å². The number of benzene rings is 2. The molecule has 1 atom stereocenters. The Kier molecular flexibility index (Phi) is 6.50. The van der Waals surface area contributed by atoms with Crippen molar-refractivity contribution in [2.75, 3.05) is 27.3 Å². The summed E-state index contributed by atoms with van der Waals surface area (Å²) in [6.07, 6.45) is 3.02. The van der Waals surface area contributed by atoms with Gasteiger partial charge in [0.1, 0.15) is 11.5 Å². The van der Waals surface area contributed by atoms with Gasteiger partial charge in [0.15, 0.2) is 5.82 Å². The van der Waals surface area contributed by atoms with E-state index in [1.807, 2.05) is 53.4 Å². The Morgan fingerprint density at radius 1 is 1.16 bits per heavy atom. The molecule has 1 saturated heterocycles. The van der Waals surface area contributed by atoms with Crippen LogP contribution in [0.1, 0.15) is 36.6 Å². The van der Waals surface area contributed by atoms with Gasteiger partial charge in [-0.2, -0.15) is 4.98 Å². The van der Waals surface area contributed by atoms with E-state index in [-0.39, 0.29) is 11.8 Å². The van der Waals surface area contributed by atoms with E-state index in [0.29, 0.717) is 36.9 Å². The van der Waals surface area contributed by atoms with E-state index in [0.717, 1.165) is 36.3 Å². The minimum Gasteiger partial charge on any atom is -0.497 e. The third-order valence-corrected chi connectivity index (χ3v) is 5.68. The third-order valence-electron chi connectivity index (χ3n) is 5.68. The summed E-state index contributed by atoms with van der Waals surface area (Å²) in [5.41, 5.74) is 1.87. The molecule has 1 amide bonds. The lowest BCUT2D eigenvalue weighted by Crippen LogP contribution is -2.39. The molecular formula is C24H27N3O4. The van der Waals surface area contributed by atoms with E-state index >= 15 is 0 Å². The van der Waals surface area contributed by atoms with Gasteiger partial charge in [-0.05, 0) is 49.1 Å². The summed E-state index contributed by atoms with van der Waals surface area (Å²) in [6, 6.07) is 15.4. The highest BCUT2D eigenvalue weighted by atomic mass is 16.5. The first-order chi connectivity index (χ1) is 15.2. The first-order valence-electron chi connectivity index (χ1n) is 10.6. The molecule has 3 aromatic rings. The largest absolute Gasteiger partial charge is 0.497 e. The molecule has 31 heavy (non-hydrogen) atoms. The molecule has 7 heteroatoms. The van der Waals surface area contributed by atoms with E-state index in [9.17, 15) is 4.79 Å². The third kappa shape index (κ3) is 4.87. The van der Waals surface area contributed by atoms with E-state index in [4.69, 9.17) is 14.0 Å². The standard InChI is InChI=1S/C24H27N3O4/c1-29-19-9-5-7-17(15-19)12-13-22(28)27-14-6-8-18(16-27)23-25-24(31-26-23)20-10-3-4-11-21(20)30-2/h3-5,7,9-11,15,18H,6,8,12-14,16H2,1-2H3/t18-/m0/s1. The molecule has 0 aliphatic carbocycles. The van der Waals surface area contributed by atoms with Crippen molar-refractivity contribution in [2.24, 2.45) is 0 Å². The number of aryl methyl sites for hydroxylation is 1. The molecule has 162 valence electrons. The van der Waals surface area contributed by atoms with Crippen molar-refractivity contribution < 1.29 is 18.8 Å². The highest BCUT2D eigenvalue weighted by Crippen LogP contribution is 2.31. The predicted octanol–water partition coefficient (Wildman–Crippen LogP) is 4.09. The highest BCUT2D eigenvalue weighted by Gasteiger charge is 2.28. The molecule has 2 heterocycles. The summed E-state index contributed by atoms with van der Waals surface area (Å²) in [6.45, 7) is 1.38. The molecule has 4 rings (SSSR count). The fourth-order valence-electron chi connectivity index (χ4n) is 3.98. The number of hydrogen-bond donors (Lipinski definition) is 0. The number of rotatable bonds is 7. The number of carbonyl (C=O) groups excluding carboxylic acids is 1. The van der Waals surface area contributed by atoms with Crippen LogP contribution >= 0.6 is 0 Å². The second-order valence-electron chi connectivity index (χ2n) is 7.69. The Hall–Kier alpha value is -3.35. The van der Waals surface area contributed by atoms with Crippen molar-refractivity contribution in [1.29, 1.82) is 0 Å². The number of para-hydroxylation sites is 1. The van der Waals surface area contributed by atoms with E-state index in [1.54, 1.807) is 14.2 Å². The molecule has 0 bridgehead atoms. The van der Waals surface area contributed by atoms with Crippen LogP contribution in [0.4, 0.5) is 0 Å². The van der Waals surface area contributed by atoms with Crippen LogP contribution in [0, 0.1) is 0 Å². The second-order valence-corrected chi connectivity index (χ2v) is 7.69. The number of nitrogens with zero attached hydrogens (tertiary/aromatic N) is 3. The van der Waals surface area contributed by atoms with Crippen LogP contribution in [0.2, 0.25) is 0 Å². The minimum absolute atomic E-state index is 0.0710. The normalized spacial score (nSPS) is 16.2. The summed E-state index contributed by atoms with van der Waals surface area (Å²) in [5.74, 6) is 2.81. The van der Waals surface area contributed by atoms with Gasteiger partial charge in [-0.3, -0.25) is 4.79 Å². The van der Waals surface area contributed by atoms with E-state index in [2.05, 4.69) is 10.1 Å². The first kappa shape index (κ1) is 20.9. The molecule has 7 nitrogen and oxygen atoms in total. The van der Waals surface area contributed by atoms with Crippen LogP contribution in [-0.2, 0) is 11.2 Å². The Morgan fingerprint density at radius 2 is 2.03 bits per heavy atom. The minimum atomic E-state index is 0.0710. The molecular weight excluding hydrogens is 394 g/mol. The van der Waals surface area contributed by atoms with Crippen molar-refractivity contribution in [3.63, 3.8) is 0 Å². The lowest BCUT2D eigenvalue weighted by atomic mass is 9.96. The van der Waals surface area contributed by atoms with Crippen LogP contribution < -0.4 is 9.47 Å². The van der Waals surface area contributed by atoms with Gasteiger partial charge in [0.2, 0.25) is 5.91 Å². The molecule has 1 aliphatic rings. The van der Waals surface area contributed by atoms with Gasteiger partial charge in [-0.1, -0.05) is 29.4 Å². The average molecular weight is 421 g/mol. The fraction of sp³-hybridized carbons (Fsp3) is 0.375. The number of carbonyl (C=O) groups is 1. The Bertz CT molecular complexity index is 1030. The lowest BCUT2D eigenvalue weighted by Gasteiger charge is -2.31. The smallest absolute Gasteiger partial charge is 0.261 e. The topological polar surface area (TPSA) is 77.7 Å². The monoisotopic (exact) mass is 421 g/mol. The number of likely N-dealkylation sites (tertiary alicyclic amines) is 1. The van der Waals surface area contributed by atoms with E-state index < -0.39 is 0 Å². The zero-order chi connectivity index (χ0) is 21.6. The van der Waals surface area contributed by atoms with Crippen LogP contribution in [0.15, 0.2) is 53.1 Å². The first-order valence-corrected chi connectivity index (χ1v) is 10.6. The molecule has 0 radical (unpaired) electrons. The van der Waals surface area contributed by atoms with Crippen molar-refractivity contribution in [3.8, 4) is 23.0 Å². The van der Waals surface area contributed by atoms with Crippen molar-refractivity contribution in [1.82, 2.24) is 15.0 Å². The fourth-order valence-corrected chi connectivity index (χ4v) is 3.98. The predicted molar refractivity (Wildman–Crippen MR) is 116 cm³/mol. The molecule has 1 aliphatic heterocycles. The van der Waals surface area contributed by atoms with Gasteiger partial charge in [0.25, 0.3) is 5.89 Å². The molecule has 0 saturated carbocycles. The summed E-state index contributed by atoms with van der Waals surface area (Å²) in [7, 11) is 3.27. The number of aromatic nitrogens is 2. The lowest BCUT2D eigenvalue weighted by molar-refractivity contribution is -0.132. The second kappa shape index (κ2) is 9.64. The number of amides is 1. The Morgan fingerprint density at radius 3 is 2.87 bits per heavy atom. The zero-order valence-corrected chi connectivity index (χ0v) is 17.9. The SMILES string of the molecule is COc1cccc(CCC(=O)N2CCC[C@H](c3noc(-c4ccccc4OC)n3)C2)c1. The van der Waals surface area contributed by atoms with Crippen LogP contribution in [0.3, 0.4) is 0 Å². The molecule has 0 N–H and O–H groups in total. The van der Waals surface area contributed by atoms with Gasteiger partial charge in [0, 0.05) is 25.4 Å². The maximum Gasteiger partial charge on any atom is 0.261 e. The highest BCUT2D eigenvalue weighted by molar-refractivity contribution is 5.76. The van der Waals surface area contributed by atoms with E-state index in [1.165, 1.54) is 0 Å². The number of hydrogen-bond acceptors (Lipinski definition) is 6. The molecule has 1 aromatic heterocycles. The maximum absolute atomic E-state index is 12.8. The quantitative estimate of drug-likeness (QED) is 0.572. The van der Waals surface area contributed by atoms with Crippen LogP contribution in [-0.4, -0.2) is 48.3 Å². The number of ether oxygens (including phenoxy) is 2. The van der Waals surface area contributed by atoms with Crippen molar-refractivity contribution in [2.45, 2.75) is 31.6 Å². The van der Waals surface area contributed by atoms with Gasteiger partial charge in [0.05, 0.1) is 19.8 Å². The summed E-state index contributed by atoms with van der Waals surface area (Å²) in [4.78, 5) is 19.4. The molecule has 1 fully saturated rings. The number of piperidine rings is 1. The Balaban J connectivity index is 1.39. The molecule has 2 aromatic carbocycles. The van der Waals surface area contributed by atoms with Crippen molar-refractivity contribution >= 4 is 5.91 Å². The Labute approximate surface area is 182 Å². The van der Waals surface area contributed by atoms with Gasteiger partial charge in [-0.15, -0.1) is 0 Å². The van der Waals surface area contributed by atoms with Crippen molar-refractivity contribution in [3.05, 3.63) is 59.9 Å². The summed E-state index contributed by atoms with van der Waals surface area (Å²) < 4.78 is 16.2. The molecule has 0 spiro atoms. The summed E-state index contributed by atoms with van der Waals surface area (Å²) >= 11 is 0. The maximum atomic E-state index is 12.8. The number of methoxy groups -OCH3 is 2. The zero-order valence-electron chi connectivity index (χ0n) is 17.9. The van der Waals surface area contributed by atoms with Gasteiger partial charge in [-0.25, -0.2) is 0 Å². The summed E-state index contributed by atoms with van der Waals surface area (Å²) in [5, 5.41) is 4.20. The molecule has 0 unspecified atom stereocenters. The average Bonchev–Trinajstić information content (AvgIpc) is 3.33.